The average Bonchev–Trinajstić information content (AvgIpc) is 3.46. The molecule has 3 aliphatic heterocycles. The largest absolute Gasteiger partial charge is 0.444 e. The van der Waals surface area contributed by atoms with E-state index in [9.17, 15) is 14.4 Å². The molecule has 12 heteroatoms. The fourth-order valence-electron chi connectivity index (χ4n) is 5.68. The molecule has 0 radical (unpaired) electrons. The summed E-state index contributed by atoms with van der Waals surface area (Å²) in [6.45, 7) is 15.7. The van der Waals surface area contributed by atoms with Crippen LogP contribution in [0.25, 0.3) is 0 Å². The summed E-state index contributed by atoms with van der Waals surface area (Å²) in [4.78, 5) is 50.0. The van der Waals surface area contributed by atoms with Gasteiger partial charge in [-0.3, -0.25) is 4.84 Å². The summed E-state index contributed by atoms with van der Waals surface area (Å²) in [7, 11) is 0. The van der Waals surface area contributed by atoms with Gasteiger partial charge in [0.1, 0.15) is 22.7 Å². The van der Waals surface area contributed by atoms with Crippen LogP contribution in [0.4, 0.5) is 14.4 Å². The number of unbranched alkanes of at least 4 members (excludes halogenated alkanes) is 1. The zero-order valence-corrected chi connectivity index (χ0v) is 26.4. The molecule has 2 atom stereocenters. The third-order valence-electron chi connectivity index (χ3n) is 7.75. The van der Waals surface area contributed by atoms with Crippen LogP contribution in [-0.2, 0) is 20.7 Å². The van der Waals surface area contributed by atoms with Gasteiger partial charge in [0.15, 0.2) is 0 Å². The van der Waals surface area contributed by atoms with Gasteiger partial charge in [0.2, 0.25) is 0 Å². The van der Waals surface area contributed by atoms with Gasteiger partial charge in [0, 0.05) is 44.7 Å². The number of ether oxygens (including phenoxy) is 2. The maximum absolute atomic E-state index is 13.3. The maximum atomic E-state index is 13.3. The van der Waals surface area contributed by atoms with Crippen molar-refractivity contribution in [3.05, 3.63) is 17.5 Å². The van der Waals surface area contributed by atoms with E-state index >= 15 is 0 Å². The van der Waals surface area contributed by atoms with E-state index in [2.05, 4.69) is 12.1 Å². The van der Waals surface area contributed by atoms with Gasteiger partial charge in [0.25, 0.3) is 0 Å². The molecule has 42 heavy (non-hydrogen) atoms. The molecule has 236 valence electrons. The van der Waals surface area contributed by atoms with Crippen molar-refractivity contribution in [1.29, 1.82) is 0 Å². The van der Waals surface area contributed by atoms with E-state index in [1.807, 2.05) is 52.5 Å². The van der Waals surface area contributed by atoms with Crippen LogP contribution < -0.4 is 0 Å². The summed E-state index contributed by atoms with van der Waals surface area (Å²) in [5.41, 5.74) is -0.474. The zero-order valence-electron chi connectivity index (χ0n) is 26.4. The van der Waals surface area contributed by atoms with Crippen LogP contribution >= 0.6 is 0 Å². The van der Waals surface area contributed by atoms with Crippen molar-refractivity contribution < 1.29 is 33.2 Å². The molecule has 1 aromatic heterocycles. The predicted molar refractivity (Wildman–Crippen MR) is 155 cm³/mol. The number of carbonyl (C=O) groups is 3. The smallest absolute Gasteiger partial charge is 0.410 e. The first kappa shape index (κ1) is 31.9. The number of likely N-dealkylation sites (tertiary alicyclic amines) is 1. The molecule has 0 N–H and O–H groups in total. The van der Waals surface area contributed by atoms with E-state index in [4.69, 9.17) is 18.8 Å². The molecule has 1 aromatic rings. The predicted octanol–water partition coefficient (Wildman–Crippen LogP) is 5.53. The van der Waals surface area contributed by atoms with Gasteiger partial charge in [-0.25, -0.2) is 14.4 Å². The third kappa shape index (κ3) is 8.08. The minimum absolute atomic E-state index is 0.0705. The fourth-order valence-corrected chi connectivity index (χ4v) is 5.68. The van der Waals surface area contributed by atoms with Crippen LogP contribution in [0.2, 0.25) is 0 Å². The summed E-state index contributed by atoms with van der Waals surface area (Å²) >= 11 is 0. The number of carbonyl (C=O) groups excluding carboxylic acids is 3. The Balaban J connectivity index is 1.37. The van der Waals surface area contributed by atoms with Gasteiger partial charge >= 0.3 is 18.2 Å². The van der Waals surface area contributed by atoms with Crippen molar-refractivity contribution in [2.45, 2.75) is 123 Å². The zero-order chi connectivity index (χ0) is 30.7. The number of hydroxylamine groups is 2. The van der Waals surface area contributed by atoms with Crippen LogP contribution in [0.15, 0.2) is 10.6 Å². The number of piperidine rings is 2. The van der Waals surface area contributed by atoms with Gasteiger partial charge < -0.3 is 28.7 Å². The van der Waals surface area contributed by atoms with Crippen LogP contribution in [0.1, 0.15) is 104 Å². The number of amides is 4. The monoisotopic (exact) mass is 591 g/mol. The van der Waals surface area contributed by atoms with Gasteiger partial charge in [-0.1, -0.05) is 18.5 Å². The molecular weight excluding hydrogens is 542 g/mol. The Hall–Kier alpha value is -3.02. The fraction of sp³-hybridized carbons (Fsp3) is 0.800. The molecule has 0 unspecified atom stereocenters. The first-order valence-electron chi connectivity index (χ1n) is 15.4. The topological polar surface area (TPSA) is 118 Å². The van der Waals surface area contributed by atoms with Crippen LogP contribution in [0, 0.1) is 0 Å². The van der Waals surface area contributed by atoms with Crippen molar-refractivity contribution in [2.24, 2.45) is 0 Å². The highest BCUT2D eigenvalue weighted by molar-refractivity contribution is 5.77. The summed E-state index contributed by atoms with van der Waals surface area (Å²) < 4.78 is 17.0. The van der Waals surface area contributed by atoms with Gasteiger partial charge in [-0.05, 0) is 73.6 Å². The number of fused-ring (bicyclic) bond motifs is 2. The number of urea groups is 1. The minimum Gasteiger partial charge on any atom is -0.444 e. The molecule has 4 heterocycles. The van der Waals surface area contributed by atoms with Gasteiger partial charge in [0.05, 0.1) is 18.7 Å². The molecule has 0 saturated carbocycles. The molecule has 2 bridgehead atoms. The van der Waals surface area contributed by atoms with E-state index in [0.29, 0.717) is 57.8 Å². The molecule has 0 aromatic carbocycles. The van der Waals surface area contributed by atoms with E-state index in [-0.39, 0.29) is 36.3 Å². The first-order valence-corrected chi connectivity index (χ1v) is 15.4. The Bertz CT molecular complexity index is 1090. The highest BCUT2D eigenvalue weighted by atomic mass is 16.7. The first-order chi connectivity index (χ1) is 19.8. The maximum Gasteiger partial charge on any atom is 0.410 e. The van der Waals surface area contributed by atoms with E-state index in [0.717, 1.165) is 31.4 Å². The van der Waals surface area contributed by atoms with Crippen molar-refractivity contribution in [3.8, 4) is 0 Å². The lowest BCUT2D eigenvalue weighted by molar-refractivity contribution is -0.130. The molecule has 3 aliphatic rings. The van der Waals surface area contributed by atoms with Gasteiger partial charge in [-0.15, -0.1) is 0 Å². The second-order valence-electron chi connectivity index (χ2n) is 13.5. The highest BCUT2D eigenvalue weighted by Crippen LogP contribution is 2.38. The van der Waals surface area contributed by atoms with Crippen molar-refractivity contribution in [1.82, 2.24) is 24.9 Å². The Kier molecular flexibility index (Phi) is 9.95. The normalized spacial score (nSPS) is 21.6. The molecular formula is C30H49N5O7. The lowest BCUT2D eigenvalue weighted by atomic mass is 9.98. The molecule has 3 saturated heterocycles. The summed E-state index contributed by atoms with van der Waals surface area (Å²) in [6.07, 6.45) is 4.53. The van der Waals surface area contributed by atoms with E-state index in [1.165, 1.54) is 0 Å². The summed E-state index contributed by atoms with van der Waals surface area (Å²) in [5, 5.41) is 5.87. The van der Waals surface area contributed by atoms with E-state index in [1.54, 1.807) is 14.9 Å². The van der Waals surface area contributed by atoms with Crippen molar-refractivity contribution in [2.75, 3.05) is 32.8 Å². The number of rotatable bonds is 9. The lowest BCUT2D eigenvalue weighted by Gasteiger charge is -2.39. The number of aromatic nitrogens is 1. The van der Waals surface area contributed by atoms with Crippen LogP contribution in [0.3, 0.4) is 0 Å². The quantitative estimate of drug-likeness (QED) is 0.344. The Morgan fingerprint density at radius 2 is 1.74 bits per heavy atom. The molecule has 0 spiro atoms. The van der Waals surface area contributed by atoms with Crippen LogP contribution in [-0.4, -0.2) is 99.2 Å². The second-order valence-corrected chi connectivity index (χ2v) is 13.5. The average molecular weight is 592 g/mol. The van der Waals surface area contributed by atoms with Crippen molar-refractivity contribution in [3.63, 3.8) is 0 Å². The third-order valence-corrected chi connectivity index (χ3v) is 7.75. The van der Waals surface area contributed by atoms with Crippen LogP contribution in [0.5, 0.6) is 0 Å². The summed E-state index contributed by atoms with van der Waals surface area (Å²) in [6, 6.07) is 1.61. The standard InChI is InChI=1S/C30H49N5O7/c1-8-9-18-39-35-22-10-11-25(34(20-22)26(35)36)24-19-23(42-31-24)14-17-33(28(38)41-30(5,6)7)21-12-15-32(16-13-21)27(37)40-29(2,3)4/h19,21-22,25H,8-18,20H2,1-7H3/t22-,25-/m0/s1. The molecule has 4 rings (SSSR count). The highest BCUT2D eigenvalue weighted by Gasteiger charge is 2.47. The Labute approximate surface area is 249 Å². The van der Waals surface area contributed by atoms with Crippen molar-refractivity contribution >= 4 is 18.2 Å². The molecule has 0 aliphatic carbocycles. The SMILES string of the molecule is CCCCON1C(=O)N2C[C@@H]1CC[C@H]2c1cc(CCN(C(=O)OC(C)(C)C)C2CCN(C(=O)OC(C)(C)C)CC2)on1. The van der Waals surface area contributed by atoms with E-state index < -0.39 is 11.2 Å². The number of hydrogen-bond donors (Lipinski definition) is 0. The Morgan fingerprint density at radius 1 is 1.05 bits per heavy atom. The second kappa shape index (κ2) is 13.1. The molecule has 12 nitrogen and oxygen atoms in total. The Morgan fingerprint density at radius 3 is 2.38 bits per heavy atom. The molecule has 4 amide bonds. The minimum atomic E-state index is -0.638. The van der Waals surface area contributed by atoms with Gasteiger partial charge in [-0.2, -0.15) is 5.06 Å². The summed E-state index contributed by atoms with van der Waals surface area (Å²) in [5.74, 6) is 0.648. The lowest BCUT2D eigenvalue weighted by Crippen LogP contribution is -2.51. The molecule has 3 fully saturated rings. The number of nitrogens with zero attached hydrogens (tertiary/aromatic N) is 5. The number of hydrogen-bond acceptors (Lipinski definition) is 8.